The minimum absolute atomic E-state index is 0.0516. The summed E-state index contributed by atoms with van der Waals surface area (Å²) in [5.74, 6) is -0.438. The second-order valence-corrected chi connectivity index (χ2v) is 7.52. The van der Waals surface area contributed by atoms with Crippen LogP contribution < -0.4 is 5.56 Å². The van der Waals surface area contributed by atoms with Crippen LogP contribution in [0.4, 0.5) is 0 Å². The van der Waals surface area contributed by atoms with Crippen LogP contribution in [0.2, 0.25) is 0 Å². The fourth-order valence-corrected chi connectivity index (χ4v) is 4.61. The Morgan fingerprint density at radius 2 is 2.00 bits per heavy atom. The number of benzene rings is 1. The number of nitrogens with zero attached hydrogens (tertiary/aromatic N) is 3. The average molecular weight is 371 g/mol. The molecule has 1 aromatic carbocycles. The van der Waals surface area contributed by atoms with Crippen LogP contribution in [0.25, 0.3) is 10.9 Å². The van der Waals surface area contributed by atoms with Crippen molar-refractivity contribution in [2.24, 2.45) is 5.41 Å². The molecular weight excluding hydrogens is 346 g/mol. The molecule has 2 atom stereocenters. The number of hydrogen-bond donors (Lipinski definition) is 0. The molecule has 1 spiro atoms. The largest absolute Gasteiger partial charge is 0.460 e. The number of carbonyl (C=O) groups is 1. The molecule has 0 unspecified atom stereocenters. The Morgan fingerprint density at radius 1 is 1.22 bits per heavy atom. The Bertz CT molecular complexity index is 888. The standard InChI is InChI=1S/C20H25N3O4/c1-2-26-16-12-17(20(16)10-6-3-7-11-20)27-18(24)13-23-19(25)14-8-4-5-9-15(14)21-22-23/h4-5,8-9,16-17H,2-3,6-7,10-13H2,1H3/t16-,17-/m1/s1. The smallest absolute Gasteiger partial charge is 0.328 e. The fourth-order valence-electron chi connectivity index (χ4n) is 4.61. The van der Waals surface area contributed by atoms with Crippen LogP contribution in [0.15, 0.2) is 29.1 Å². The van der Waals surface area contributed by atoms with Gasteiger partial charge in [-0.2, -0.15) is 4.68 Å². The number of hydrogen-bond acceptors (Lipinski definition) is 6. The Hall–Kier alpha value is -2.28. The summed E-state index contributed by atoms with van der Waals surface area (Å²) in [6.45, 7) is 2.46. The monoisotopic (exact) mass is 371 g/mol. The minimum Gasteiger partial charge on any atom is -0.460 e. The van der Waals surface area contributed by atoms with Crippen molar-refractivity contribution in [3.8, 4) is 0 Å². The van der Waals surface area contributed by atoms with Crippen LogP contribution in [0.3, 0.4) is 0 Å². The Labute approximate surface area is 157 Å². The molecule has 2 aromatic rings. The summed E-state index contributed by atoms with van der Waals surface area (Å²) in [6, 6.07) is 6.97. The Balaban J connectivity index is 1.47. The van der Waals surface area contributed by atoms with Crippen molar-refractivity contribution in [3.63, 3.8) is 0 Å². The van der Waals surface area contributed by atoms with Gasteiger partial charge in [0.05, 0.1) is 11.5 Å². The highest BCUT2D eigenvalue weighted by Crippen LogP contribution is 2.54. The van der Waals surface area contributed by atoms with E-state index in [1.165, 1.54) is 6.42 Å². The summed E-state index contributed by atoms with van der Waals surface area (Å²) in [5, 5.41) is 8.34. The Kier molecular flexibility index (Phi) is 4.95. The molecule has 7 heteroatoms. The minimum atomic E-state index is -0.438. The maximum absolute atomic E-state index is 12.5. The van der Waals surface area contributed by atoms with E-state index >= 15 is 0 Å². The summed E-state index contributed by atoms with van der Waals surface area (Å²) in [5.41, 5.74) is 0.141. The van der Waals surface area contributed by atoms with Crippen molar-refractivity contribution in [3.05, 3.63) is 34.6 Å². The molecule has 1 aromatic heterocycles. The van der Waals surface area contributed by atoms with Crippen LogP contribution in [-0.2, 0) is 20.8 Å². The molecule has 0 radical (unpaired) electrons. The lowest BCUT2D eigenvalue weighted by Crippen LogP contribution is -2.60. The van der Waals surface area contributed by atoms with Gasteiger partial charge < -0.3 is 9.47 Å². The summed E-state index contributed by atoms with van der Waals surface area (Å²) in [6.07, 6.45) is 6.35. The van der Waals surface area contributed by atoms with E-state index in [0.29, 0.717) is 17.5 Å². The molecule has 0 bridgehead atoms. The maximum atomic E-state index is 12.5. The lowest BCUT2D eigenvalue weighted by Gasteiger charge is -2.56. The van der Waals surface area contributed by atoms with E-state index in [2.05, 4.69) is 10.3 Å². The predicted molar refractivity (Wildman–Crippen MR) is 99.2 cm³/mol. The van der Waals surface area contributed by atoms with Gasteiger partial charge in [0, 0.05) is 18.4 Å². The van der Waals surface area contributed by atoms with Gasteiger partial charge in [0.2, 0.25) is 0 Å². The third kappa shape index (κ3) is 3.25. The number of fused-ring (bicyclic) bond motifs is 1. The number of rotatable bonds is 5. The highest BCUT2D eigenvalue weighted by molar-refractivity contribution is 5.77. The second-order valence-electron chi connectivity index (χ2n) is 7.52. The zero-order valence-electron chi connectivity index (χ0n) is 15.6. The molecule has 0 saturated heterocycles. The molecule has 144 valence electrons. The van der Waals surface area contributed by atoms with Crippen molar-refractivity contribution in [2.75, 3.05) is 6.61 Å². The summed E-state index contributed by atoms with van der Waals surface area (Å²) in [4.78, 5) is 25.0. The van der Waals surface area contributed by atoms with Crippen LogP contribution >= 0.6 is 0 Å². The van der Waals surface area contributed by atoms with Crippen molar-refractivity contribution >= 4 is 16.9 Å². The van der Waals surface area contributed by atoms with Crippen molar-refractivity contribution < 1.29 is 14.3 Å². The molecule has 0 N–H and O–H groups in total. The van der Waals surface area contributed by atoms with Gasteiger partial charge in [-0.05, 0) is 31.9 Å². The highest BCUT2D eigenvalue weighted by Gasteiger charge is 2.57. The molecule has 4 rings (SSSR count). The average Bonchev–Trinajstić information content (AvgIpc) is 2.70. The molecular formula is C20H25N3O4. The lowest BCUT2D eigenvalue weighted by atomic mass is 9.56. The van der Waals surface area contributed by atoms with E-state index < -0.39 is 5.97 Å². The normalized spacial score (nSPS) is 23.9. The lowest BCUT2D eigenvalue weighted by molar-refractivity contribution is -0.223. The van der Waals surface area contributed by atoms with Gasteiger partial charge in [-0.25, -0.2) is 0 Å². The number of esters is 1. The van der Waals surface area contributed by atoms with Crippen LogP contribution in [0.1, 0.15) is 45.4 Å². The first kappa shape index (κ1) is 18.1. The summed E-state index contributed by atoms with van der Waals surface area (Å²) >= 11 is 0. The van der Waals surface area contributed by atoms with Gasteiger partial charge in [0.1, 0.15) is 18.2 Å². The van der Waals surface area contributed by atoms with Gasteiger partial charge in [-0.3, -0.25) is 9.59 Å². The SMILES string of the molecule is CCO[C@@H]1C[C@@H](OC(=O)Cn2nnc3ccccc3c2=O)C12CCCCC2. The van der Waals surface area contributed by atoms with E-state index in [-0.39, 0.29) is 29.7 Å². The van der Waals surface area contributed by atoms with E-state index in [1.54, 1.807) is 24.3 Å². The van der Waals surface area contributed by atoms with Crippen LogP contribution in [-0.4, -0.2) is 39.8 Å². The Morgan fingerprint density at radius 3 is 2.78 bits per heavy atom. The number of aromatic nitrogens is 3. The van der Waals surface area contributed by atoms with E-state index in [4.69, 9.17) is 9.47 Å². The second kappa shape index (κ2) is 7.38. The number of ether oxygens (including phenoxy) is 2. The zero-order chi connectivity index (χ0) is 18.9. The van der Waals surface area contributed by atoms with Crippen molar-refractivity contribution in [1.82, 2.24) is 15.0 Å². The summed E-state index contributed by atoms with van der Waals surface area (Å²) in [7, 11) is 0. The van der Waals surface area contributed by atoms with Crippen molar-refractivity contribution in [1.29, 1.82) is 0 Å². The quantitative estimate of drug-likeness (QED) is 0.751. The number of carbonyl (C=O) groups excluding carboxylic acids is 1. The zero-order valence-corrected chi connectivity index (χ0v) is 15.6. The highest BCUT2D eigenvalue weighted by atomic mass is 16.6. The molecule has 27 heavy (non-hydrogen) atoms. The first-order valence-electron chi connectivity index (χ1n) is 9.77. The molecule has 0 aliphatic heterocycles. The summed E-state index contributed by atoms with van der Waals surface area (Å²) < 4.78 is 12.8. The molecule has 7 nitrogen and oxygen atoms in total. The third-order valence-electron chi connectivity index (χ3n) is 6.04. The third-order valence-corrected chi connectivity index (χ3v) is 6.04. The first-order valence-corrected chi connectivity index (χ1v) is 9.77. The van der Waals surface area contributed by atoms with Gasteiger partial charge in [0.25, 0.3) is 5.56 Å². The van der Waals surface area contributed by atoms with E-state index in [9.17, 15) is 9.59 Å². The fraction of sp³-hybridized carbons (Fsp3) is 0.600. The van der Waals surface area contributed by atoms with Gasteiger partial charge in [-0.1, -0.05) is 36.6 Å². The van der Waals surface area contributed by atoms with E-state index in [0.717, 1.165) is 36.8 Å². The molecule has 2 aliphatic rings. The van der Waals surface area contributed by atoms with Crippen molar-refractivity contribution in [2.45, 2.75) is 64.2 Å². The molecule has 0 amide bonds. The maximum Gasteiger partial charge on any atom is 0.328 e. The molecule has 2 aliphatic carbocycles. The topological polar surface area (TPSA) is 83.3 Å². The van der Waals surface area contributed by atoms with Gasteiger partial charge in [-0.15, -0.1) is 5.10 Å². The first-order chi connectivity index (χ1) is 13.1. The van der Waals surface area contributed by atoms with E-state index in [1.807, 2.05) is 6.92 Å². The van der Waals surface area contributed by atoms with Gasteiger partial charge >= 0.3 is 5.97 Å². The predicted octanol–water partition coefficient (Wildman–Crippen LogP) is 2.46. The van der Waals surface area contributed by atoms with Crippen LogP contribution in [0.5, 0.6) is 0 Å². The van der Waals surface area contributed by atoms with Crippen LogP contribution in [0, 0.1) is 5.41 Å². The molecule has 1 heterocycles. The van der Waals surface area contributed by atoms with Gasteiger partial charge in [0.15, 0.2) is 0 Å². The molecule has 2 saturated carbocycles. The molecule has 2 fully saturated rings.